The second kappa shape index (κ2) is 8.54. The number of thioether (sulfide) groups is 1. The zero-order valence-electron chi connectivity index (χ0n) is 14.1. The lowest BCUT2D eigenvalue weighted by Crippen LogP contribution is -2.40. The van der Waals surface area contributed by atoms with Crippen LogP contribution in [0.4, 0.5) is 0 Å². The van der Waals surface area contributed by atoms with Crippen molar-refractivity contribution in [1.29, 1.82) is 0 Å². The maximum Gasteiger partial charge on any atom is 0.238 e. The van der Waals surface area contributed by atoms with Gasteiger partial charge in [0, 0.05) is 15.8 Å². The Morgan fingerprint density at radius 3 is 3.12 bits per heavy atom. The maximum atomic E-state index is 12.7. The summed E-state index contributed by atoms with van der Waals surface area (Å²) < 4.78 is 5.96. The van der Waals surface area contributed by atoms with Gasteiger partial charge < -0.3 is 10.1 Å². The number of nitrogens with zero attached hydrogens (tertiary/aromatic N) is 1. The number of carbonyl (C=O) groups is 1. The molecule has 0 fully saturated rings. The lowest BCUT2D eigenvalue weighted by atomic mass is 10.0. The Morgan fingerprint density at radius 1 is 1.56 bits per heavy atom. The lowest BCUT2D eigenvalue weighted by Gasteiger charge is -2.22. The topological polar surface area (TPSA) is 50.7 Å². The van der Waals surface area contributed by atoms with E-state index in [1.54, 1.807) is 11.3 Å². The van der Waals surface area contributed by atoms with Crippen LogP contribution in [-0.2, 0) is 9.53 Å². The number of rotatable bonds is 6. The molecule has 4 atom stereocenters. The van der Waals surface area contributed by atoms with Gasteiger partial charge in [-0.05, 0) is 37.8 Å². The van der Waals surface area contributed by atoms with E-state index in [4.69, 9.17) is 16.3 Å². The molecule has 1 aliphatic heterocycles. The molecule has 0 saturated carbocycles. The van der Waals surface area contributed by atoms with Crippen LogP contribution >= 0.6 is 34.7 Å². The van der Waals surface area contributed by atoms with Crippen molar-refractivity contribution < 1.29 is 9.53 Å². The summed E-state index contributed by atoms with van der Waals surface area (Å²) in [5.74, 6) is 0.195. The highest BCUT2D eigenvalue weighted by molar-refractivity contribution is 8.15. The Hall–Kier alpha value is -1.08. The Morgan fingerprint density at radius 2 is 2.40 bits per heavy atom. The molecule has 25 heavy (non-hydrogen) atoms. The molecule has 3 rings (SSSR count). The normalized spacial score (nSPS) is 26.9. The number of hydrogen-bond donors (Lipinski definition) is 1. The number of allylic oxidation sites excluding steroid dienone is 3. The van der Waals surface area contributed by atoms with Crippen LogP contribution in [-0.4, -0.2) is 29.0 Å². The number of carbonyl (C=O) groups excluding carboxylic acids is 1. The summed E-state index contributed by atoms with van der Waals surface area (Å²) in [7, 11) is 0. The molecule has 0 spiro atoms. The van der Waals surface area contributed by atoms with Crippen molar-refractivity contribution in [2.75, 3.05) is 6.61 Å². The fourth-order valence-corrected chi connectivity index (χ4v) is 4.74. The maximum absolute atomic E-state index is 12.7. The van der Waals surface area contributed by atoms with Crippen LogP contribution in [0.5, 0.6) is 0 Å². The molecule has 2 heterocycles. The molecule has 1 aromatic heterocycles. The Labute approximate surface area is 161 Å². The molecule has 1 aliphatic carbocycles. The van der Waals surface area contributed by atoms with Gasteiger partial charge in [0.25, 0.3) is 0 Å². The summed E-state index contributed by atoms with van der Waals surface area (Å²) in [5, 5.41) is 6.45. The third-order valence-corrected chi connectivity index (χ3v) is 6.53. The highest BCUT2D eigenvalue weighted by Gasteiger charge is 2.36. The molecule has 1 amide bonds. The number of nitrogens with one attached hydrogen (secondary N) is 1. The van der Waals surface area contributed by atoms with E-state index < -0.39 is 6.23 Å². The second-order valence-corrected chi connectivity index (χ2v) is 8.92. The first-order chi connectivity index (χ1) is 12.0. The van der Waals surface area contributed by atoms with Crippen LogP contribution in [0.3, 0.4) is 0 Å². The van der Waals surface area contributed by atoms with Crippen molar-refractivity contribution in [3.8, 4) is 0 Å². The fourth-order valence-electron chi connectivity index (χ4n) is 2.77. The quantitative estimate of drug-likeness (QED) is 0.770. The summed E-state index contributed by atoms with van der Waals surface area (Å²) in [6.45, 7) is 4.41. The fraction of sp³-hybridized carbons (Fsp3) is 0.444. The van der Waals surface area contributed by atoms with Crippen LogP contribution in [0.25, 0.3) is 0 Å². The zero-order valence-corrected chi connectivity index (χ0v) is 16.5. The third kappa shape index (κ3) is 4.97. The first-order valence-corrected chi connectivity index (χ1v) is 10.4. The van der Waals surface area contributed by atoms with Crippen LogP contribution < -0.4 is 5.32 Å². The van der Waals surface area contributed by atoms with Crippen molar-refractivity contribution in [3.05, 3.63) is 45.7 Å². The Balaban J connectivity index is 1.56. The molecule has 1 N–H and O–H groups in total. The average molecular weight is 397 g/mol. The van der Waals surface area contributed by atoms with Crippen LogP contribution in [0, 0.1) is 5.92 Å². The highest BCUT2D eigenvalue weighted by atomic mass is 35.5. The third-order valence-electron chi connectivity index (χ3n) is 4.05. The van der Waals surface area contributed by atoms with Gasteiger partial charge in [-0.1, -0.05) is 41.6 Å². The number of aliphatic imine (C=N–C) groups is 1. The van der Waals surface area contributed by atoms with Gasteiger partial charge in [-0.3, -0.25) is 9.79 Å². The SMILES string of the molecule is CC1=NC(OCC2C=CC=C(Cl)C2)C(C(=O)NC(C)c2cccs2)S1. The molecule has 4 unspecified atom stereocenters. The summed E-state index contributed by atoms with van der Waals surface area (Å²) >= 11 is 9.18. The van der Waals surface area contributed by atoms with Gasteiger partial charge in [-0.15, -0.1) is 11.3 Å². The molecular formula is C18H21ClN2O2S2. The van der Waals surface area contributed by atoms with Crippen LogP contribution in [0.1, 0.15) is 31.2 Å². The van der Waals surface area contributed by atoms with E-state index in [9.17, 15) is 4.79 Å². The minimum absolute atomic E-state index is 0.0140. The highest BCUT2D eigenvalue weighted by Crippen LogP contribution is 2.30. The first kappa shape index (κ1) is 18.7. The second-order valence-electron chi connectivity index (χ2n) is 6.12. The number of ether oxygens (including phenoxy) is 1. The molecule has 134 valence electrons. The van der Waals surface area contributed by atoms with Crippen molar-refractivity contribution >= 4 is 45.7 Å². The Kier molecular flexibility index (Phi) is 6.39. The molecule has 0 bridgehead atoms. The van der Waals surface area contributed by atoms with E-state index in [-0.39, 0.29) is 23.1 Å². The lowest BCUT2D eigenvalue weighted by molar-refractivity contribution is -0.123. The Bertz CT molecular complexity index is 700. The molecule has 2 aliphatic rings. The molecule has 0 aromatic carbocycles. The summed E-state index contributed by atoms with van der Waals surface area (Å²) in [6.07, 6.45) is 6.25. The number of halogens is 1. The van der Waals surface area contributed by atoms with Crippen LogP contribution in [0.2, 0.25) is 0 Å². The van der Waals surface area contributed by atoms with Crippen LogP contribution in [0.15, 0.2) is 45.8 Å². The molecule has 1 aromatic rings. The molecule has 0 saturated heterocycles. The predicted molar refractivity (Wildman–Crippen MR) is 106 cm³/mol. The van der Waals surface area contributed by atoms with Gasteiger partial charge in [-0.2, -0.15) is 0 Å². The predicted octanol–water partition coefficient (Wildman–Crippen LogP) is 4.50. The number of hydrogen-bond acceptors (Lipinski definition) is 5. The van der Waals surface area contributed by atoms with Gasteiger partial charge >= 0.3 is 0 Å². The van der Waals surface area contributed by atoms with E-state index in [0.29, 0.717) is 6.61 Å². The smallest absolute Gasteiger partial charge is 0.238 e. The van der Waals surface area contributed by atoms with E-state index in [1.165, 1.54) is 11.8 Å². The molecule has 0 radical (unpaired) electrons. The van der Waals surface area contributed by atoms with E-state index in [1.807, 2.05) is 43.5 Å². The van der Waals surface area contributed by atoms with Crippen molar-refractivity contribution in [1.82, 2.24) is 5.32 Å². The van der Waals surface area contributed by atoms with Crippen molar-refractivity contribution in [3.63, 3.8) is 0 Å². The number of thiophene rings is 1. The van der Waals surface area contributed by atoms with Gasteiger partial charge in [0.1, 0.15) is 5.25 Å². The van der Waals surface area contributed by atoms with E-state index in [0.717, 1.165) is 21.4 Å². The average Bonchev–Trinajstić information content (AvgIpc) is 3.22. The summed E-state index contributed by atoms with van der Waals surface area (Å²) in [4.78, 5) is 18.3. The largest absolute Gasteiger partial charge is 0.354 e. The van der Waals surface area contributed by atoms with Crippen molar-refractivity contribution in [2.24, 2.45) is 10.9 Å². The van der Waals surface area contributed by atoms with Gasteiger partial charge in [-0.25, -0.2) is 0 Å². The van der Waals surface area contributed by atoms with E-state index >= 15 is 0 Å². The van der Waals surface area contributed by atoms with Gasteiger partial charge in [0.15, 0.2) is 6.23 Å². The molecule has 4 nitrogen and oxygen atoms in total. The first-order valence-electron chi connectivity index (χ1n) is 8.22. The van der Waals surface area contributed by atoms with Crippen molar-refractivity contribution in [2.45, 2.75) is 37.8 Å². The zero-order chi connectivity index (χ0) is 17.8. The van der Waals surface area contributed by atoms with Gasteiger partial charge in [0.2, 0.25) is 5.91 Å². The minimum Gasteiger partial charge on any atom is -0.354 e. The van der Waals surface area contributed by atoms with E-state index in [2.05, 4.69) is 16.4 Å². The standard InChI is InChI=1S/C18H21ClN2O2S2/c1-11(15-7-4-8-24-15)20-17(22)16-18(21-12(2)25-16)23-10-13-5-3-6-14(19)9-13/h3-8,11,13,16,18H,9-10H2,1-2H3,(H,20,22). The minimum atomic E-state index is -0.446. The molecule has 7 heteroatoms. The van der Waals surface area contributed by atoms with Gasteiger partial charge in [0.05, 0.1) is 17.7 Å². The monoisotopic (exact) mass is 396 g/mol. The molecular weight excluding hydrogens is 376 g/mol. The summed E-state index contributed by atoms with van der Waals surface area (Å²) in [5.41, 5.74) is 0. The summed E-state index contributed by atoms with van der Waals surface area (Å²) in [6, 6.07) is 4.00. The number of amides is 1.